The number of rotatable bonds is 7. The highest BCUT2D eigenvalue weighted by Gasteiger charge is 2.26. The maximum atomic E-state index is 12.8. The fourth-order valence-electron chi connectivity index (χ4n) is 3.65. The highest BCUT2D eigenvalue weighted by atomic mass is 16.5. The van der Waals surface area contributed by atoms with Crippen molar-refractivity contribution in [2.45, 2.75) is 45.3 Å². The molecule has 2 aliphatic heterocycles. The zero-order valence-electron chi connectivity index (χ0n) is 16.3. The molecule has 0 bridgehead atoms. The molecule has 0 saturated carbocycles. The SMILES string of the molecule is CCOc1cc2c(cc1C=CC(=O)N(CC(=O)O)C1CCOCC1)OC(C)C2. The van der Waals surface area contributed by atoms with E-state index < -0.39 is 5.97 Å². The van der Waals surface area contributed by atoms with Gasteiger partial charge in [-0.2, -0.15) is 0 Å². The Morgan fingerprint density at radius 2 is 2.07 bits per heavy atom. The molecule has 2 heterocycles. The zero-order valence-corrected chi connectivity index (χ0v) is 16.3. The minimum atomic E-state index is -1.02. The van der Waals surface area contributed by atoms with Gasteiger partial charge in [0.05, 0.1) is 6.61 Å². The van der Waals surface area contributed by atoms with Crippen molar-refractivity contribution in [1.29, 1.82) is 0 Å². The van der Waals surface area contributed by atoms with Gasteiger partial charge in [-0.3, -0.25) is 9.59 Å². The van der Waals surface area contributed by atoms with Crippen LogP contribution in [0.3, 0.4) is 0 Å². The molecule has 2 aliphatic rings. The lowest BCUT2D eigenvalue weighted by atomic mass is 10.1. The van der Waals surface area contributed by atoms with Crippen molar-refractivity contribution in [2.75, 3.05) is 26.4 Å². The molecule has 7 nitrogen and oxygen atoms in total. The predicted molar refractivity (Wildman–Crippen MR) is 104 cm³/mol. The van der Waals surface area contributed by atoms with Crippen LogP contribution in [0.5, 0.6) is 11.5 Å². The molecule has 1 N–H and O–H groups in total. The van der Waals surface area contributed by atoms with Gasteiger partial charge in [-0.1, -0.05) is 0 Å². The largest absolute Gasteiger partial charge is 0.493 e. The van der Waals surface area contributed by atoms with Gasteiger partial charge in [-0.15, -0.1) is 0 Å². The molecular weight excluding hydrogens is 362 g/mol. The summed E-state index contributed by atoms with van der Waals surface area (Å²) >= 11 is 0. The number of benzene rings is 1. The average Bonchev–Trinajstić information content (AvgIpc) is 3.03. The van der Waals surface area contributed by atoms with Gasteiger partial charge in [0.15, 0.2) is 0 Å². The third kappa shape index (κ3) is 4.84. The number of carboxylic acid groups (broad SMARTS) is 1. The lowest BCUT2D eigenvalue weighted by molar-refractivity contribution is -0.145. The second kappa shape index (κ2) is 9.10. The van der Waals surface area contributed by atoms with Crippen LogP contribution in [-0.2, 0) is 20.7 Å². The van der Waals surface area contributed by atoms with Gasteiger partial charge < -0.3 is 24.2 Å². The number of amides is 1. The minimum Gasteiger partial charge on any atom is -0.493 e. The Balaban J connectivity index is 1.81. The second-order valence-electron chi connectivity index (χ2n) is 7.10. The van der Waals surface area contributed by atoms with Crippen molar-refractivity contribution >= 4 is 18.0 Å². The first-order chi connectivity index (χ1) is 13.5. The van der Waals surface area contributed by atoms with E-state index in [1.165, 1.54) is 11.0 Å². The smallest absolute Gasteiger partial charge is 0.323 e. The number of ether oxygens (including phenoxy) is 3. The molecule has 0 aliphatic carbocycles. The van der Waals surface area contributed by atoms with Crippen LogP contribution in [0.25, 0.3) is 6.08 Å². The summed E-state index contributed by atoms with van der Waals surface area (Å²) in [7, 11) is 0. The number of hydrogen-bond acceptors (Lipinski definition) is 5. The molecule has 0 aromatic heterocycles. The number of carbonyl (C=O) groups excluding carboxylic acids is 1. The van der Waals surface area contributed by atoms with Crippen molar-refractivity contribution in [3.63, 3.8) is 0 Å². The van der Waals surface area contributed by atoms with Gasteiger partial charge in [-0.05, 0) is 44.9 Å². The van der Waals surface area contributed by atoms with E-state index in [-0.39, 0.29) is 24.6 Å². The van der Waals surface area contributed by atoms with E-state index in [9.17, 15) is 14.7 Å². The van der Waals surface area contributed by atoms with E-state index in [4.69, 9.17) is 14.2 Å². The average molecular weight is 389 g/mol. The molecule has 1 aromatic carbocycles. The van der Waals surface area contributed by atoms with E-state index >= 15 is 0 Å². The van der Waals surface area contributed by atoms with Crippen LogP contribution < -0.4 is 9.47 Å². The van der Waals surface area contributed by atoms with Gasteiger partial charge in [0.2, 0.25) is 5.91 Å². The molecule has 1 atom stereocenters. The van der Waals surface area contributed by atoms with Crippen molar-refractivity contribution in [1.82, 2.24) is 4.90 Å². The molecule has 1 fully saturated rings. The molecule has 7 heteroatoms. The number of carboxylic acids is 1. The Morgan fingerprint density at radius 3 is 2.75 bits per heavy atom. The number of nitrogens with zero attached hydrogens (tertiary/aromatic N) is 1. The fourth-order valence-corrected chi connectivity index (χ4v) is 3.65. The van der Waals surface area contributed by atoms with E-state index in [1.54, 1.807) is 6.08 Å². The van der Waals surface area contributed by atoms with Crippen LogP contribution in [0, 0.1) is 0 Å². The third-order valence-corrected chi connectivity index (χ3v) is 4.95. The van der Waals surface area contributed by atoms with Crippen LogP contribution in [0.1, 0.15) is 37.8 Å². The molecule has 0 radical (unpaired) electrons. The summed E-state index contributed by atoms with van der Waals surface area (Å²) in [5.41, 5.74) is 1.83. The zero-order chi connectivity index (χ0) is 20.1. The molecule has 0 spiro atoms. The first-order valence-electron chi connectivity index (χ1n) is 9.72. The van der Waals surface area contributed by atoms with Gasteiger partial charge >= 0.3 is 5.97 Å². The van der Waals surface area contributed by atoms with Gasteiger partial charge in [0, 0.05) is 42.9 Å². The molecule has 152 valence electrons. The lowest BCUT2D eigenvalue weighted by Crippen LogP contribution is -2.45. The van der Waals surface area contributed by atoms with Crippen molar-refractivity contribution < 1.29 is 28.9 Å². The Labute approximate surface area is 164 Å². The van der Waals surface area contributed by atoms with Crippen molar-refractivity contribution in [2.24, 2.45) is 0 Å². The molecule has 3 rings (SSSR count). The number of aliphatic carboxylic acids is 1. The van der Waals surface area contributed by atoms with Gasteiger partial charge in [0.25, 0.3) is 0 Å². The maximum absolute atomic E-state index is 12.8. The molecule has 1 saturated heterocycles. The number of carbonyl (C=O) groups is 2. The number of fused-ring (bicyclic) bond motifs is 1. The normalized spacial score (nSPS) is 19.3. The van der Waals surface area contributed by atoms with Crippen LogP contribution in [0.4, 0.5) is 0 Å². The fraction of sp³-hybridized carbons (Fsp3) is 0.524. The van der Waals surface area contributed by atoms with Gasteiger partial charge in [0.1, 0.15) is 24.1 Å². The maximum Gasteiger partial charge on any atom is 0.323 e. The quantitative estimate of drug-likeness (QED) is 0.722. The summed E-state index contributed by atoms with van der Waals surface area (Å²) < 4.78 is 16.9. The summed E-state index contributed by atoms with van der Waals surface area (Å²) in [5.74, 6) is 0.142. The van der Waals surface area contributed by atoms with Crippen LogP contribution >= 0.6 is 0 Å². The molecule has 28 heavy (non-hydrogen) atoms. The molecule has 1 amide bonds. The second-order valence-corrected chi connectivity index (χ2v) is 7.10. The van der Waals surface area contributed by atoms with Crippen LogP contribution in [0.2, 0.25) is 0 Å². The van der Waals surface area contributed by atoms with E-state index in [1.807, 2.05) is 26.0 Å². The molecule has 1 unspecified atom stereocenters. The summed E-state index contributed by atoms with van der Waals surface area (Å²) in [5, 5.41) is 9.21. The molecule has 1 aromatic rings. The van der Waals surface area contributed by atoms with E-state index in [2.05, 4.69) is 0 Å². The van der Waals surface area contributed by atoms with Crippen LogP contribution in [0.15, 0.2) is 18.2 Å². The lowest BCUT2D eigenvalue weighted by Gasteiger charge is -2.32. The summed E-state index contributed by atoms with van der Waals surface area (Å²) in [6, 6.07) is 3.71. The predicted octanol–water partition coefficient (Wildman–Crippen LogP) is 2.51. The van der Waals surface area contributed by atoms with Crippen LogP contribution in [-0.4, -0.2) is 60.4 Å². The minimum absolute atomic E-state index is 0.116. The van der Waals surface area contributed by atoms with E-state index in [0.717, 1.165) is 23.3 Å². The number of hydrogen-bond donors (Lipinski definition) is 1. The summed E-state index contributed by atoms with van der Waals surface area (Å²) in [4.78, 5) is 25.4. The van der Waals surface area contributed by atoms with E-state index in [0.29, 0.717) is 38.4 Å². The Morgan fingerprint density at radius 1 is 1.32 bits per heavy atom. The van der Waals surface area contributed by atoms with Gasteiger partial charge in [-0.25, -0.2) is 0 Å². The highest BCUT2D eigenvalue weighted by molar-refractivity contribution is 5.94. The summed E-state index contributed by atoms with van der Waals surface area (Å²) in [6.07, 6.45) is 5.32. The standard InChI is InChI=1S/C21H27NO6/c1-3-27-18-12-16-10-14(2)28-19(16)11-15(18)4-5-20(23)22(13-21(24)25)17-6-8-26-9-7-17/h4-5,11-12,14,17H,3,6-10,13H2,1-2H3,(H,24,25). The first kappa shape index (κ1) is 20.2. The third-order valence-electron chi connectivity index (χ3n) is 4.95. The Hall–Kier alpha value is -2.54. The van der Waals surface area contributed by atoms with Crippen molar-refractivity contribution in [3.8, 4) is 11.5 Å². The topological polar surface area (TPSA) is 85.3 Å². The van der Waals surface area contributed by atoms with Crippen molar-refractivity contribution in [3.05, 3.63) is 29.3 Å². The first-order valence-corrected chi connectivity index (χ1v) is 9.72. The summed E-state index contributed by atoms with van der Waals surface area (Å²) in [6.45, 7) is 5.18. The molecular formula is C21H27NO6. The highest BCUT2D eigenvalue weighted by Crippen LogP contribution is 2.35. The Bertz CT molecular complexity index is 754. The monoisotopic (exact) mass is 389 g/mol. The Kier molecular flexibility index (Phi) is 6.57.